The van der Waals surface area contributed by atoms with E-state index >= 15 is 0 Å². The van der Waals surface area contributed by atoms with Crippen LogP contribution in [0, 0.1) is 6.92 Å². The Morgan fingerprint density at radius 3 is 2.74 bits per heavy atom. The number of aryl methyl sites for hydroxylation is 1. The second kappa shape index (κ2) is 5.56. The Morgan fingerprint density at radius 1 is 1.09 bits per heavy atom. The van der Waals surface area contributed by atoms with Crippen LogP contribution in [0.25, 0.3) is 21.9 Å². The number of amides is 1. The molecule has 0 radical (unpaired) electrons. The van der Waals surface area contributed by atoms with Crippen molar-refractivity contribution >= 4 is 44.2 Å². The summed E-state index contributed by atoms with van der Waals surface area (Å²) in [5, 5.41) is 8.00. The lowest BCUT2D eigenvalue weighted by atomic mass is 10.1. The summed E-state index contributed by atoms with van der Waals surface area (Å²) in [7, 11) is 0. The minimum Gasteiger partial charge on any atom is -0.456 e. The van der Waals surface area contributed by atoms with Crippen LogP contribution in [0.3, 0.4) is 0 Å². The van der Waals surface area contributed by atoms with E-state index in [-0.39, 0.29) is 5.91 Å². The maximum absolute atomic E-state index is 12.2. The van der Waals surface area contributed by atoms with Crippen molar-refractivity contribution in [1.82, 2.24) is 0 Å². The minimum absolute atomic E-state index is 0.000926. The maximum Gasteiger partial charge on any atom is 0.229 e. The Morgan fingerprint density at radius 2 is 1.91 bits per heavy atom. The average Bonchev–Trinajstić information content (AvgIpc) is 3.10. The Hall–Kier alpha value is -2.59. The first-order valence-electron chi connectivity index (χ1n) is 7.44. The lowest BCUT2D eigenvalue weighted by Gasteiger charge is -2.03. The summed E-state index contributed by atoms with van der Waals surface area (Å²) in [6, 6.07) is 15.9. The largest absolute Gasteiger partial charge is 0.456 e. The fourth-order valence-corrected chi connectivity index (χ4v) is 3.55. The van der Waals surface area contributed by atoms with Gasteiger partial charge in [-0.1, -0.05) is 24.3 Å². The van der Waals surface area contributed by atoms with Crippen LogP contribution in [0.15, 0.2) is 58.3 Å². The number of benzene rings is 2. The normalized spacial score (nSPS) is 11.2. The highest BCUT2D eigenvalue weighted by atomic mass is 32.1. The smallest absolute Gasteiger partial charge is 0.229 e. The molecule has 0 aliphatic rings. The third-order valence-electron chi connectivity index (χ3n) is 3.80. The number of para-hydroxylation sites is 1. The van der Waals surface area contributed by atoms with E-state index in [2.05, 4.69) is 5.32 Å². The first kappa shape index (κ1) is 14.0. The molecule has 4 aromatic rings. The lowest BCUT2D eigenvalue weighted by Crippen LogP contribution is -2.13. The van der Waals surface area contributed by atoms with Crippen LogP contribution in [0.2, 0.25) is 0 Å². The summed E-state index contributed by atoms with van der Waals surface area (Å²) in [5.74, 6) is -0.000926. The van der Waals surface area contributed by atoms with Gasteiger partial charge in [-0.25, -0.2) is 0 Å². The van der Waals surface area contributed by atoms with Crippen LogP contribution in [0.4, 0.5) is 5.00 Å². The number of fused-ring (bicyclic) bond motifs is 3. The number of hydrogen-bond donors (Lipinski definition) is 1. The highest BCUT2D eigenvalue weighted by molar-refractivity contribution is 7.14. The number of carbonyl (C=O) groups is 1. The van der Waals surface area contributed by atoms with Gasteiger partial charge >= 0.3 is 0 Å². The molecule has 0 spiro atoms. The fourth-order valence-electron chi connectivity index (χ4n) is 2.75. The Labute approximate surface area is 137 Å². The summed E-state index contributed by atoms with van der Waals surface area (Å²) in [6.07, 6.45) is 0.354. The number of anilines is 1. The van der Waals surface area contributed by atoms with Crippen molar-refractivity contribution in [3.05, 3.63) is 65.0 Å². The van der Waals surface area contributed by atoms with E-state index in [1.807, 2.05) is 60.8 Å². The summed E-state index contributed by atoms with van der Waals surface area (Å²) >= 11 is 1.55. The molecule has 0 bridgehead atoms. The van der Waals surface area contributed by atoms with E-state index in [4.69, 9.17) is 4.42 Å². The second-order valence-electron chi connectivity index (χ2n) is 5.64. The van der Waals surface area contributed by atoms with Gasteiger partial charge in [-0.05, 0) is 47.7 Å². The van der Waals surface area contributed by atoms with Crippen molar-refractivity contribution in [1.29, 1.82) is 0 Å². The molecule has 0 saturated heterocycles. The first-order chi connectivity index (χ1) is 11.2. The summed E-state index contributed by atoms with van der Waals surface area (Å²) in [4.78, 5) is 12.2. The number of thiophene rings is 1. The third-order valence-corrected chi connectivity index (χ3v) is 4.76. The molecular formula is C19H15NO2S. The summed E-state index contributed by atoms with van der Waals surface area (Å²) < 4.78 is 5.81. The fraction of sp³-hybridized carbons (Fsp3) is 0.105. The maximum atomic E-state index is 12.2. The van der Waals surface area contributed by atoms with Crippen LogP contribution >= 0.6 is 11.3 Å². The molecule has 0 fully saturated rings. The Bertz CT molecular complexity index is 1010. The number of carbonyl (C=O) groups excluding carboxylic acids is 1. The zero-order valence-corrected chi connectivity index (χ0v) is 13.4. The number of hydrogen-bond acceptors (Lipinski definition) is 3. The van der Waals surface area contributed by atoms with Crippen molar-refractivity contribution in [2.24, 2.45) is 0 Å². The predicted octanol–water partition coefficient (Wildman–Crippen LogP) is 5.14. The molecule has 0 aliphatic heterocycles. The average molecular weight is 321 g/mol. The highest BCUT2D eigenvalue weighted by Crippen LogP contribution is 2.29. The van der Waals surface area contributed by atoms with Crippen molar-refractivity contribution < 1.29 is 9.21 Å². The SMILES string of the molecule is Cc1csc(NC(=O)Cc2ccc3oc4ccccc4c3c2)c1. The van der Waals surface area contributed by atoms with E-state index < -0.39 is 0 Å². The molecule has 1 amide bonds. The molecule has 2 aromatic carbocycles. The number of rotatable bonds is 3. The molecule has 4 rings (SSSR count). The van der Waals surface area contributed by atoms with Crippen LogP contribution in [-0.2, 0) is 11.2 Å². The topological polar surface area (TPSA) is 42.2 Å². The zero-order valence-electron chi connectivity index (χ0n) is 12.6. The second-order valence-corrected chi connectivity index (χ2v) is 6.55. The van der Waals surface area contributed by atoms with Crippen LogP contribution in [-0.4, -0.2) is 5.91 Å². The van der Waals surface area contributed by atoms with E-state index in [1.165, 1.54) is 0 Å². The van der Waals surface area contributed by atoms with Gasteiger partial charge < -0.3 is 9.73 Å². The van der Waals surface area contributed by atoms with Gasteiger partial charge in [0.1, 0.15) is 11.2 Å². The van der Waals surface area contributed by atoms with E-state index in [1.54, 1.807) is 11.3 Å². The quantitative estimate of drug-likeness (QED) is 0.568. The molecule has 114 valence electrons. The molecule has 0 saturated carbocycles. The van der Waals surface area contributed by atoms with Gasteiger partial charge in [-0.2, -0.15) is 0 Å². The van der Waals surface area contributed by atoms with Crippen LogP contribution in [0.5, 0.6) is 0 Å². The molecule has 0 atom stereocenters. The van der Waals surface area contributed by atoms with Crippen molar-refractivity contribution in [2.75, 3.05) is 5.32 Å². The number of furan rings is 1. The summed E-state index contributed by atoms with van der Waals surface area (Å²) in [5.41, 5.74) is 3.87. The van der Waals surface area contributed by atoms with Gasteiger partial charge in [0.15, 0.2) is 0 Å². The van der Waals surface area contributed by atoms with Gasteiger partial charge in [0, 0.05) is 10.8 Å². The molecule has 1 N–H and O–H groups in total. The summed E-state index contributed by atoms with van der Waals surface area (Å²) in [6.45, 7) is 2.02. The van der Waals surface area contributed by atoms with E-state index in [0.717, 1.165) is 38.1 Å². The van der Waals surface area contributed by atoms with Crippen molar-refractivity contribution in [3.8, 4) is 0 Å². The van der Waals surface area contributed by atoms with Crippen LogP contribution in [0.1, 0.15) is 11.1 Å². The minimum atomic E-state index is -0.000926. The first-order valence-corrected chi connectivity index (χ1v) is 8.32. The zero-order chi connectivity index (χ0) is 15.8. The molecule has 3 nitrogen and oxygen atoms in total. The molecule has 0 unspecified atom stereocenters. The van der Waals surface area contributed by atoms with E-state index in [0.29, 0.717) is 6.42 Å². The van der Waals surface area contributed by atoms with Gasteiger partial charge in [-0.3, -0.25) is 4.79 Å². The van der Waals surface area contributed by atoms with Gasteiger partial charge in [0.2, 0.25) is 5.91 Å². The highest BCUT2D eigenvalue weighted by Gasteiger charge is 2.10. The third kappa shape index (κ3) is 2.73. The Balaban J connectivity index is 1.61. The lowest BCUT2D eigenvalue weighted by molar-refractivity contribution is -0.115. The number of nitrogens with one attached hydrogen (secondary N) is 1. The molecule has 2 aromatic heterocycles. The molecule has 4 heteroatoms. The molecular weight excluding hydrogens is 306 g/mol. The standard InChI is InChI=1S/C19H15NO2S/c1-12-8-19(23-11-12)20-18(21)10-13-6-7-17-15(9-13)14-4-2-3-5-16(14)22-17/h2-9,11H,10H2,1H3,(H,20,21). The molecule has 0 aliphatic carbocycles. The molecule has 23 heavy (non-hydrogen) atoms. The van der Waals surface area contributed by atoms with Crippen molar-refractivity contribution in [3.63, 3.8) is 0 Å². The van der Waals surface area contributed by atoms with Crippen molar-refractivity contribution in [2.45, 2.75) is 13.3 Å². The van der Waals surface area contributed by atoms with Crippen LogP contribution < -0.4 is 5.32 Å². The predicted molar refractivity (Wildman–Crippen MR) is 95.1 cm³/mol. The van der Waals surface area contributed by atoms with Gasteiger partial charge in [0.25, 0.3) is 0 Å². The Kier molecular flexibility index (Phi) is 3.39. The van der Waals surface area contributed by atoms with Gasteiger partial charge in [0.05, 0.1) is 11.4 Å². The monoisotopic (exact) mass is 321 g/mol. The van der Waals surface area contributed by atoms with E-state index in [9.17, 15) is 4.79 Å². The molecule has 2 heterocycles. The van der Waals surface area contributed by atoms with Gasteiger partial charge in [-0.15, -0.1) is 11.3 Å².